The Morgan fingerprint density at radius 2 is 1.60 bits per heavy atom. The highest BCUT2D eigenvalue weighted by molar-refractivity contribution is 8.03. The molecule has 1 heterocycles. The van der Waals surface area contributed by atoms with E-state index in [1.807, 2.05) is 60.7 Å². The van der Waals surface area contributed by atoms with Crippen molar-refractivity contribution in [2.45, 2.75) is 30.1 Å². The number of hydrogen-bond donors (Lipinski definition) is 1. The molecule has 152 valence electrons. The predicted octanol–water partition coefficient (Wildman–Crippen LogP) is 5.54. The summed E-state index contributed by atoms with van der Waals surface area (Å²) in [6.45, 7) is 0. The van der Waals surface area contributed by atoms with Crippen LogP contribution >= 0.6 is 11.8 Å². The van der Waals surface area contributed by atoms with Gasteiger partial charge in [-0.25, -0.2) is 4.39 Å². The maximum Gasteiger partial charge on any atom is 0.133 e. The zero-order valence-corrected chi connectivity index (χ0v) is 17.1. The van der Waals surface area contributed by atoms with Crippen LogP contribution in [0, 0.1) is 16.5 Å². The summed E-state index contributed by atoms with van der Waals surface area (Å²) < 4.78 is 20.0. The van der Waals surface area contributed by atoms with E-state index in [9.17, 15) is 9.50 Å². The molecule has 3 nitrogen and oxygen atoms in total. The molecule has 1 aliphatic heterocycles. The molecule has 0 spiro atoms. The maximum absolute atomic E-state index is 13.6. The monoisotopic (exact) mass is 419 g/mol. The Hall–Kier alpha value is -2.65. The summed E-state index contributed by atoms with van der Waals surface area (Å²) in [6, 6.07) is 25.7. The molecule has 0 aliphatic carbocycles. The van der Waals surface area contributed by atoms with Gasteiger partial charge in [-0.05, 0) is 40.6 Å². The van der Waals surface area contributed by atoms with Crippen LogP contribution in [-0.4, -0.2) is 17.0 Å². The van der Waals surface area contributed by atoms with Gasteiger partial charge >= 0.3 is 0 Å². The molecule has 3 aromatic rings. The zero-order chi connectivity index (χ0) is 21.0. The molecule has 0 saturated carbocycles. The molecule has 30 heavy (non-hydrogen) atoms. The number of rotatable bonds is 5. The molecule has 4 rings (SSSR count). The van der Waals surface area contributed by atoms with Gasteiger partial charge in [0.2, 0.25) is 0 Å². The minimum atomic E-state index is -1.21. The number of thioether (sulfide) groups is 1. The van der Waals surface area contributed by atoms with Crippen LogP contribution in [0.3, 0.4) is 0 Å². The summed E-state index contributed by atoms with van der Waals surface area (Å²) in [5, 5.41) is 23.3. The van der Waals surface area contributed by atoms with Gasteiger partial charge < -0.3 is 9.84 Å². The largest absolute Gasteiger partial charge is 0.384 e. The Balaban J connectivity index is 1.86. The Labute approximate surface area is 180 Å². The SMILES string of the molecule is N#CSC[C@@H]1C[C@](O)(c2ccccc2)[C@@H](c2ccccc2)[C@H](c2ccc(F)cc2)O1. The number of benzene rings is 3. The van der Waals surface area contributed by atoms with Crippen molar-refractivity contribution in [1.82, 2.24) is 0 Å². The highest BCUT2D eigenvalue weighted by Gasteiger charge is 2.50. The Bertz CT molecular complexity index is 1010. The van der Waals surface area contributed by atoms with Crippen molar-refractivity contribution in [2.75, 3.05) is 5.75 Å². The van der Waals surface area contributed by atoms with E-state index >= 15 is 0 Å². The highest BCUT2D eigenvalue weighted by Crippen LogP contribution is 2.53. The third kappa shape index (κ3) is 4.13. The standard InChI is InChI=1S/C25H22FNO2S/c26-21-13-11-19(12-14-21)24-23(18-7-3-1-4-8-18)25(28,20-9-5-2-6-10-20)15-22(29-24)16-30-17-27/h1-14,22-24,28H,15-16H2/t22-,23-,24-,25-/m0/s1. The summed E-state index contributed by atoms with van der Waals surface area (Å²) in [5.74, 6) is -0.263. The molecule has 1 N–H and O–H groups in total. The fourth-order valence-corrected chi connectivity index (χ4v) is 4.80. The zero-order valence-electron chi connectivity index (χ0n) is 16.3. The third-order valence-electron chi connectivity index (χ3n) is 5.66. The lowest BCUT2D eigenvalue weighted by Crippen LogP contribution is -2.47. The first kappa shape index (κ1) is 20.6. The molecule has 0 bridgehead atoms. The molecule has 1 aliphatic rings. The second-order valence-electron chi connectivity index (χ2n) is 7.52. The average Bonchev–Trinajstić information content (AvgIpc) is 2.79. The molecule has 1 fully saturated rings. The minimum Gasteiger partial charge on any atom is -0.384 e. The van der Waals surface area contributed by atoms with Crippen LogP contribution in [0.2, 0.25) is 0 Å². The van der Waals surface area contributed by atoms with Crippen LogP contribution in [0.5, 0.6) is 0 Å². The van der Waals surface area contributed by atoms with E-state index in [-0.39, 0.29) is 11.9 Å². The number of hydrogen-bond acceptors (Lipinski definition) is 4. The Morgan fingerprint density at radius 1 is 0.967 bits per heavy atom. The van der Waals surface area contributed by atoms with Crippen molar-refractivity contribution in [3.8, 4) is 5.40 Å². The normalized spacial score (nSPS) is 26.1. The van der Waals surface area contributed by atoms with E-state index in [2.05, 4.69) is 5.40 Å². The van der Waals surface area contributed by atoms with Gasteiger partial charge in [-0.2, -0.15) is 5.26 Å². The van der Waals surface area contributed by atoms with Gasteiger partial charge in [0, 0.05) is 18.1 Å². The van der Waals surface area contributed by atoms with E-state index in [1.165, 1.54) is 12.1 Å². The molecule has 0 amide bonds. The van der Waals surface area contributed by atoms with Crippen molar-refractivity contribution < 1.29 is 14.2 Å². The fourth-order valence-electron chi connectivity index (χ4n) is 4.35. The number of aliphatic hydroxyl groups is 1. The quantitative estimate of drug-likeness (QED) is 0.552. The molecule has 0 aromatic heterocycles. The highest BCUT2D eigenvalue weighted by atomic mass is 32.2. The van der Waals surface area contributed by atoms with Crippen LogP contribution in [0.4, 0.5) is 4.39 Å². The number of thiocyanates is 1. The number of nitrogens with zero attached hydrogens (tertiary/aromatic N) is 1. The van der Waals surface area contributed by atoms with Crippen molar-refractivity contribution in [3.63, 3.8) is 0 Å². The first-order valence-corrected chi connectivity index (χ1v) is 10.8. The summed E-state index contributed by atoms with van der Waals surface area (Å²) >= 11 is 1.12. The topological polar surface area (TPSA) is 53.2 Å². The number of ether oxygens (including phenoxy) is 1. The molecular weight excluding hydrogens is 397 g/mol. The smallest absolute Gasteiger partial charge is 0.133 e. The van der Waals surface area contributed by atoms with E-state index in [0.717, 1.165) is 28.5 Å². The first-order valence-electron chi connectivity index (χ1n) is 9.86. The van der Waals surface area contributed by atoms with Crippen LogP contribution in [-0.2, 0) is 10.3 Å². The fraction of sp³-hybridized carbons (Fsp3) is 0.240. The maximum atomic E-state index is 13.6. The molecule has 4 atom stereocenters. The van der Waals surface area contributed by atoms with E-state index in [1.54, 1.807) is 12.1 Å². The lowest BCUT2D eigenvalue weighted by atomic mass is 9.68. The van der Waals surface area contributed by atoms with Gasteiger partial charge in [0.05, 0.1) is 12.2 Å². The molecule has 3 aromatic carbocycles. The molecule has 0 unspecified atom stereocenters. The van der Waals surface area contributed by atoms with Gasteiger partial charge in [0.25, 0.3) is 0 Å². The van der Waals surface area contributed by atoms with Crippen LogP contribution in [0.1, 0.15) is 35.1 Å². The van der Waals surface area contributed by atoms with Gasteiger partial charge in [-0.1, -0.05) is 72.8 Å². The van der Waals surface area contributed by atoms with Gasteiger partial charge in [-0.15, -0.1) is 0 Å². The second-order valence-corrected chi connectivity index (χ2v) is 8.32. The lowest BCUT2D eigenvalue weighted by Gasteiger charge is -2.48. The average molecular weight is 420 g/mol. The summed E-state index contributed by atoms with van der Waals surface area (Å²) in [5.41, 5.74) is 1.35. The van der Waals surface area contributed by atoms with Gasteiger partial charge in [0.1, 0.15) is 16.8 Å². The van der Waals surface area contributed by atoms with Gasteiger partial charge in [-0.3, -0.25) is 0 Å². The number of halogens is 1. The van der Waals surface area contributed by atoms with Crippen LogP contribution < -0.4 is 0 Å². The van der Waals surface area contributed by atoms with Crippen LogP contribution in [0.15, 0.2) is 84.9 Å². The Morgan fingerprint density at radius 3 is 2.23 bits per heavy atom. The molecule has 1 saturated heterocycles. The van der Waals surface area contributed by atoms with Crippen molar-refractivity contribution in [3.05, 3.63) is 107 Å². The molecule has 5 heteroatoms. The van der Waals surface area contributed by atoms with Gasteiger partial charge in [0.15, 0.2) is 0 Å². The van der Waals surface area contributed by atoms with E-state index in [4.69, 9.17) is 10.00 Å². The van der Waals surface area contributed by atoms with Crippen molar-refractivity contribution in [1.29, 1.82) is 5.26 Å². The first-order chi connectivity index (χ1) is 14.6. The Kier molecular flexibility index (Phi) is 6.19. The lowest BCUT2D eigenvalue weighted by molar-refractivity contribution is -0.161. The van der Waals surface area contributed by atoms with E-state index < -0.39 is 17.6 Å². The summed E-state index contributed by atoms with van der Waals surface area (Å²) in [4.78, 5) is 0. The van der Waals surface area contributed by atoms with E-state index in [0.29, 0.717) is 12.2 Å². The summed E-state index contributed by atoms with van der Waals surface area (Å²) in [7, 11) is 0. The van der Waals surface area contributed by atoms with Crippen molar-refractivity contribution in [2.24, 2.45) is 0 Å². The second kappa shape index (κ2) is 9.01. The van der Waals surface area contributed by atoms with Crippen molar-refractivity contribution >= 4 is 11.8 Å². The molecule has 0 radical (unpaired) electrons. The summed E-state index contributed by atoms with van der Waals surface area (Å²) in [6.07, 6.45) is -0.450. The molecular formula is C25H22FNO2S. The minimum absolute atomic E-state index is 0.319. The predicted molar refractivity (Wildman–Crippen MR) is 116 cm³/mol. The number of nitriles is 1. The third-order valence-corrected chi connectivity index (χ3v) is 6.33. The van der Waals surface area contributed by atoms with Crippen LogP contribution in [0.25, 0.3) is 0 Å².